The van der Waals surface area contributed by atoms with Crippen molar-refractivity contribution in [2.24, 2.45) is 5.92 Å². The molecule has 116 heavy (non-hydrogen) atoms. The first-order valence-electron chi connectivity index (χ1n) is 42.3. The number of hydrogen-bond donors (Lipinski definition) is 23. The van der Waals surface area contributed by atoms with Crippen LogP contribution in [0.5, 0.6) is 0 Å². The predicted molar refractivity (Wildman–Crippen MR) is 404 cm³/mol. The number of aliphatic hydroxyl groups is 20. The maximum Gasteiger partial charge on any atom is 0.364 e. The van der Waals surface area contributed by atoms with Crippen LogP contribution in [0.15, 0.2) is 0 Å². The molecule has 6 rings (SSSR count). The standard InChI is InChI=1S/C78H142N2O36/c1-5-6-7-8-9-10-11-12-13-14-15-16-17-18-19-24-27-30-33-46(89)71(102)80-44(55(91)45(88)32-29-26-23-21-20-22-25-28-31-42(2)3)41-105-72-63(99)60(96)66(52(39-85)110-72)112-76-64(100)69(59(95)51(38-84)109-76)116-78(77(103)104)34-48(54(79-43(4)87)68(115-78)56(92)47(90)35-81)106-75-65(101)70(114-74-62(98)58(94)50(37-83)108-74)67(53(40-86)111-75)113-73-61(97)57(93)49(36-82)107-73/h42,44-70,72-76,81-86,88-101H,5-41H2,1-4H3,(H,79,87)(H,80,102)(H,103,104). The fourth-order valence-corrected chi connectivity index (χ4v) is 15.8. The van der Waals surface area contributed by atoms with Crippen LogP contribution in [0.4, 0.5) is 0 Å². The van der Waals surface area contributed by atoms with Crippen LogP contribution < -0.4 is 10.6 Å². The average Bonchev–Trinajstić information content (AvgIpc) is 0.840. The van der Waals surface area contributed by atoms with Crippen LogP contribution in [0.25, 0.3) is 0 Å². The number of ether oxygens (including phenoxy) is 12. The Morgan fingerprint density at radius 3 is 1.29 bits per heavy atom. The number of amides is 2. The third-order valence-corrected chi connectivity index (χ3v) is 22.8. The average molecular weight is 1680 g/mol. The minimum atomic E-state index is -3.48. The number of nitrogens with one attached hydrogen (secondary N) is 2. The van der Waals surface area contributed by atoms with Crippen molar-refractivity contribution in [3.05, 3.63) is 0 Å². The Bertz CT molecular complexity index is 2690. The van der Waals surface area contributed by atoms with Crippen molar-refractivity contribution in [1.29, 1.82) is 0 Å². The Hall–Kier alpha value is -2.87. The Balaban J connectivity index is 1.17. The number of rotatable bonds is 57. The van der Waals surface area contributed by atoms with Crippen molar-refractivity contribution in [1.82, 2.24) is 10.6 Å². The van der Waals surface area contributed by atoms with Crippen molar-refractivity contribution in [2.75, 3.05) is 46.2 Å². The zero-order valence-electron chi connectivity index (χ0n) is 67.7. The molecule has 6 aliphatic heterocycles. The summed E-state index contributed by atoms with van der Waals surface area (Å²) in [4.78, 5) is 40.9. The van der Waals surface area contributed by atoms with Gasteiger partial charge in [0.25, 0.3) is 5.79 Å². The van der Waals surface area contributed by atoms with Crippen molar-refractivity contribution in [3.8, 4) is 0 Å². The van der Waals surface area contributed by atoms with Crippen LogP contribution in [0.3, 0.4) is 0 Å². The number of aliphatic carboxylic acids is 1. The fourth-order valence-electron chi connectivity index (χ4n) is 15.8. The minimum absolute atomic E-state index is 0.0769. The molecule has 23 N–H and O–H groups in total. The zero-order valence-corrected chi connectivity index (χ0v) is 67.7. The molecule has 0 aromatic rings. The number of carboxylic acid groups (broad SMARTS) is 1. The molecule has 6 heterocycles. The first-order chi connectivity index (χ1) is 55.5. The van der Waals surface area contributed by atoms with Gasteiger partial charge in [0, 0.05) is 13.3 Å². The monoisotopic (exact) mass is 1680 g/mol. The number of carbonyl (C=O) groups is 3. The first-order valence-corrected chi connectivity index (χ1v) is 42.3. The van der Waals surface area contributed by atoms with Crippen LogP contribution in [0, 0.1) is 5.92 Å². The largest absolute Gasteiger partial charge is 0.477 e. The maximum absolute atomic E-state index is 14.1. The topological polar surface area (TPSA) is 611 Å². The van der Waals surface area contributed by atoms with E-state index in [0.29, 0.717) is 18.8 Å². The summed E-state index contributed by atoms with van der Waals surface area (Å²) in [5, 5.41) is 238. The molecular weight excluding hydrogens is 1540 g/mol. The van der Waals surface area contributed by atoms with E-state index in [-0.39, 0.29) is 12.8 Å². The number of hydrogen-bond acceptors (Lipinski definition) is 35. The molecule has 33 unspecified atom stereocenters. The second-order valence-electron chi connectivity index (χ2n) is 32.5. The highest BCUT2D eigenvalue weighted by Gasteiger charge is 2.63. The van der Waals surface area contributed by atoms with Gasteiger partial charge < -0.3 is 175 Å². The number of carboxylic acids is 1. The third kappa shape index (κ3) is 30.0. The van der Waals surface area contributed by atoms with Crippen LogP contribution >= 0.6 is 0 Å². The summed E-state index contributed by atoms with van der Waals surface area (Å²) in [5.74, 6) is -6.93. The van der Waals surface area contributed by atoms with Gasteiger partial charge in [0.1, 0.15) is 140 Å². The molecule has 6 aliphatic rings. The molecule has 0 radical (unpaired) electrons. The smallest absolute Gasteiger partial charge is 0.364 e. The van der Waals surface area contributed by atoms with E-state index in [1.54, 1.807) is 0 Å². The van der Waals surface area contributed by atoms with Gasteiger partial charge in [0.05, 0.1) is 70.5 Å². The van der Waals surface area contributed by atoms with E-state index in [1.165, 1.54) is 89.9 Å². The number of aliphatic hydroxyl groups excluding tert-OH is 20. The van der Waals surface area contributed by atoms with E-state index in [0.717, 1.165) is 77.6 Å². The number of carbonyl (C=O) groups excluding carboxylic acids is 2. The summed E-state index contributed by atoms with van der Waals surface area (Å²) in [7, 11) is 0. The summed E-state index contributed by atoms with van der Waals surface area (Å²) in [6, 6.07) is -3.44. The fraction of sp³-hybridized carbons (Fsp3) is 0.962. The molecule has 6 saturated heterocycles. The van der Waals surface area contributed by atoms with Crippen molar-refractivity contribution < 1.29 is 178 Å². The molecule has 6 fully saturated rings. The quantitative estimate of drug-likeness (QED) is 0.0272. The summed E-state index contributed by atoms with van der Waals surface area (Å²) in [5.41, 5.74) is 0. The van der Waals surface area contributed by atoms with Crippen LogP contribution in [-0.4, -0.2) is 373 Å². The SMILES string of the molecule is CCCCCCCCCCCCCCCCCCCCC(O)C(=O)NC(COC1OC(CO)C(OC2OC(CO)C(O)C(OC3(C(=O)O)CC(OC4OC(CO)C(OC5OC(CO)C(O)C5O)C(OC5OC(CO)C(O)C5O)C4O)C(NC(C)=O)C(C(O)C(O)CO)O3)C2O)C(O)C1O)C(O)C(O)CCCCCCCCCCC(C)C. The van der Waals surface area contributed by atoms with Crippen molar-refractivity contribution >= 4 is 17.8 Å². The lowest BCUT2D eigenvalue weighted by atomic mass is 9.87. The van der Waals surface area contributed by atoms with Gasteiger partial charge in [-0.15, -0.1) is 0 Å². The lowest BCUT2D eigenvalue weighted by molar-refractivity contribution is -0.395. The number of unbranched alkanes of at least 4 members (excludes halogenated alkanes) is 24. The Morgan fingerprint density at radius 1 is 0.440 bits per heavy atom. The molecule has 2 amide bonds. The molecule has 0 aromatic carbocycles. The lowest BCUT2D eigenvalue weighted by Gasteiger charge is -2.52. The maximum atomic E-state index is 14.1. The highest BCUT2D eigenvalue weighted by atomic mass is 16.8. The van der Waals surface area contributed by atoms with Crippen LogP contribution in [0.2, 0.25) is 0 Å². The van der Waals surface area contributed by atoms with Gasteiger partial charge in [-0.2, -0.15) is 0 Å². The molecule has 33 atom stereocenters. The van der Waals surface area contributed by atoms with Gasteiger partial charge in [0.15, 0.2) is 31.5 Å². The van der Waals surface area contributed by atoms with Gasteiger partial charge >= 0.3 is 5.97 Å². The van der Waals surface area contributed by atoms with E-state index in [2.05, 4.69) is 31.4 Å². The second-order valence-corrected chi connectivity index (χ2v) is 32.5. The third-order valence-electron chi connectivity index (χ3n) is 22.8. The molecule has 0 aromatic heterocycles. The van der Waals surface area contributed by atoms with Gasteiger partial charge in [-0.05, 0) is 18.8 Å². The van der Waals surface area contributed by atoms with Gasteiger partial charge in [-0.1, -0.05) is 194 Å². The molecule has 0 saturated carbocycles. The van der Waals surface area contributed by atoms with E-state index in [4.69, 9.17) is 56.8 Å². The Morgan fingerprint density at radius 2 is 0.836 bits per heavy atom. The molecule has 0 spiro atoms. The minimum Gasteiger partial charge on any atom is -0.477 e. The second kappa shape index (κ2) is 52.7. The van der Waals surface area contributed by atoms with Crippen molar-refractivity contribution in [3.63, 3.8) is 0 Å². The molecule has 0 aliphatic carbocycles. The van der Waals surface area contributed by atoms with Gasteiger partial charge in [-0.25, -0.2) is 4.79 Å². The summed E-state index contributed by atoms with van der Waals surface area (Å²) in [6.07, 6.45) is -32.3. The predicted octanol–water partition coefficient (Wildman–Crippen LogP) is -2.89. The highest BCUT2D eigenvalue weighted by Crippen LogP contribution is 2.42. The van der Waals surface area contributed by atoms with Gasteiger partial charge in [0.2, 0.25) is 11.8 Å². The highest BCUT2D eigenvalue weighted by molar-refractivity contribution is 5.80. The van der Waals surface area contributed by atoms with Crippen molar-refractivity contribution in [2.45, 2.75) is 422 Å². The normalized spacial score (nSPS) is 36.0. The Kier molecular flexibility index (Phi) is 46.3. The van der Waals surface area contributed by atoms with E-state index >= 15 is 0 Å². The summed E-state index contributed by atoms with van der Waals surface area (Å²) in [6.45, 7) is 0.359. The molecular formula is C78H142N2O36. The van der Waals surface area contributed by atoms with Crippen LogP contribution in [-0.2, 0) is 71.2 Å². The van der Waals surface area contributed by atoms with Gasteiger partial charge in [-0.3, -0.25) is 9.59 Å². The van der Waals surface area contributed by atoms with E-state index in [9.17, 15) is 122 Å². The van der Waals surface area contributed by atoms with E-state index in [1.807, 2.05) is 0 Å². The van der Waals surface area contributed by atoms with E-state index < -0.39 is 272 Å². The first kappa shape index (κ1) is 102. The summed E-state index contributed by atoms with van der Waals surface area (Å²) < 4.78 is 70.6. The van der Waals surface area contributed by atoms with Crippen LogP contribution in [0.1, 0.15) is 220 Å². The Labute approximate surface area is 678 Å². The summed E-state index contributed by atoms with van der Waals surface area (Å²) >= 11 is 0. The molecule has 38 heteroatoms. The zero-order chi connectivity index (χ0) is 85.3. The molecule has 38 nitrogen and oxygen atoms in total. The molecule has 680 valence electrons. The lowest BCUT2D eigenvalue weighted by Crippen LogP contribution is -2.72. The molecule has 0 bridgehead atoms.